The molecule has 5 nitrogen and oxygen atoms in total. The van der Waals surface area contributed by atoms with Crippen molar-refractivity contribution in [1.82, 2.24) is 0 Å². The average molecular weight is 180 g/mol. The molecule has 0 spiro atoms. The van der Waals surface area contributed by atoms with Gasteiger partial charge in [0.2, 0.25) is 5.91 Å². The lowest BCUT2D eigenvalue weighted by Crippen LogP contribution is -2.26. The molecule has 0 aliphatic heterocycles. The van der Waals surface area contributed by atoms with E-state index in [4.69, 9.17) is 17.3 Å². The molecule has 0 heterocycles. The third-order valence-electron chi connectivity index (χ3n) is 1.69. The molecule has 0 atom stereocenters. The maximum Gasteiger partial charge on any atom is 0.248 e. The van der Waals surface area contributed by atoms with Crippen molar-refractivity contribution < 1.29 is 4.79 Å². The van der Waals surface area contributed by atoms with Gasteiger partial charge in [0.1, 0.15) is 0 Å². The minimum atomic E-state index is -0.497. The molecule has 1 amide bonds. The Hall–Kier alpha value is -1.75. The molecular formula is C8H12N4O. The number of nitrogens with two attached hydrogens (primary N) is 3. The van der Waals surface area contributed by atoms with Gasteiger partial charge in [-0.1, -0.05) is 0 Å². The molecular weight excluding hydrogens is 168 g/mol. The number of benzene rings is 1. The largest absolute Gasteiger partial charge is 0.397 e. The molecule has 0 fully saturated rings. The number of hydrazine groups is 1. The summed E-state index contributed by atoms with van der Waals surface area (Å²) in [4.78, 5) is 10.8. The molecule has 0 saturated heterocycles. The number of hydrogen-bond donors (Lipinski definition) is 3. The molecule has 1 rings (SSSR count). The molecule has 6 N–H and O–H groups in total. The summed E-state index contributed by atoms with van der Waals surface area (Å²) < 4.78 is 0. The summed E-state index contributed by atoms with van der Waals surface area (Å²) in [5.74, 6) is 4.99. The van der Waals surface area contributed by atoms with Crippen LogP contribution in [-0.2, 0) is 0 Å². The Morgan fingerprint density at radius 3 is 2.54 bits per heavy atom. The molecule has 1 aromatic carbocycles. The Labute approximate surface area is 76.1 Å². The van der Waals surface area contributed by atoms with Crippen LogP contribution in [0.3, 0.4) is 0 Å². The van der Waals surface area contributed by atoms with Gasteiger partial charge >= 0.3 is 0 Å². The number of carbonyl (C=O) groups excluding carboxylic acids is 1. The summed E-state index contributed by atoms with van der Waals surface area (Å²) in [7, 11) is 1.64. The number of nitrogen functional groups attached to an aromatic ring is 1. The van der Waals surface area contributed by atoms with Crippen LogP contribution in [0.2, 0.25) is 0 Å². The molecule has 0 bridgehead atoms. The van der Waals surface area contributed by atoms with Crippen molar-refractivity contribution in [2.75, 3.05) is 17.8 Å². The number of hydrogen-bond acceptors (Lipinski definition) is 4. The molecule has 1 aromatic rings. The number of rotatable bonds is 2. The summed E-state index contributed by atoms with van der Waals surface area (Å²) in [6.07, 6.45) is 0. The van der Waals surface area contributed by atoms with Crippen LogP contribution >= 0.6 is 0 Å². The first-order valence-corrected chi connectivity index (χ1v) is 3.70. The topological polar surface area (TPSA) is 98.4 Å². The van der Waals surface area contributed by atoms with Gasteiger partial charge in [0.25, 0.3) is 0 Å². The van der Waals surface area contributed by atoms with Gasteiger partial charge in [-0.05, 0) is 18.2 Å². The number of amides is 1. The van der Waals surface area contributed by atoms with Gasteiger partial charge in [0, 0.05) is 12.6 Å². The third kappa shape index (κ3) is 1.88. The zero-order valence-corrected chi connectivity index (χ0v) is 7.32. The molecule has 0 aliphatic carbocycles. The Bertz CT molecular complexity index is 335. The van der Waals surface area contributed by atoms with E-state index in [1.807, 2.05) is 0 Å². The fraction of sp³-hybridized carbons (Fsp3) is 0.125. The maximum absolute atomic E-state index is 10.8. The van der Waals surface area contributed by atoms with Gasteiger partial charge in [0.05, 0.1) is 11.4 Å². The second-order valence-electron chi connectivity index (χ2n) is 2.75. The average Bonchev–Trinajstić information content (AvgIpc) is 2.04. The SMILES string of the molecule is CN(N)c1cc(C(N)=O)ccc1N. The highest BCUT2D eigenvalue weighted by atomic mass is 16.1. The number of anilines is 2. The minimum absolute atomic E-state index is 0.390. The molecule has 70 valence electrons. The van der Waals surface area contributed by atoms with Crippen LogP contribution in [-0.4, -0.2) is 13.0 Å². The first kappa shape index (κ1) is 9.34. The van der Waals surface area contributed by atoms with E-state index >= 15 is 0 Å². The first-order chi connectivity index (χ1) is 6.02. The highest BCUT2D eigenvalue weighted by Gasteiger charge is 2.06. The van der Waals surface area contributed by atoms with Gasteiger partial charge in [0.15, 0.2) is 0 Å². The van der Waals surface area contributed by atoms with Gasteiger partial charge in [-0.3, -0.25) is 4.79 Å². The van der Waals surface area contributed by atoms with Gasteiger partial charge < -0.3 is 16.5 Å². The summed E-state index contributed by atoms with van der Waals surface area (Å²) in [5, 5.41) is 1.34. The van der Waals surface area contributed by atoms with E-state index in [-0.39, 0.29) is 0 Å². The predicted octanol–water partition coefficient (Wildman–Crippen LogP) is -0.322. The lowest BCUT2D eigenvalue weighted by Gasteiger charge is -2.14. The molecule has 0 radical (unpaired) electrons. The summed E-state index contributed by atoms with van der Waals surface area (Å²) in [6, 6.07) is 4.71. The standard InChI is InChI=1S/C8H12N4O/c1-12(11)7-4-5(8(10)13)2-3-6(7)9/h2-4H,9,11H2,1H3,(H2,10,13). The number of carbonyl (C=O) groups is 1. The highest BCUT2D eigenvalue weighted by Crippen LogP contribution is 2.21. The highest BCUT2D eigenvalue weighted by molar-refractivity contribution is 5.94. The van der Waals surface area contributed by atoms with E-state index < -0.39 is 5.91 Å². The van der Waals surface area contributed by atoms with Crippen molar-refractivity contribution in [3.05, 3.63) is 23.8 Å². The molecule has 0 aromatic heterocycles. The van der Waals surface area contributed by atoms with E-state index in [1.54, 1.807) is 25.2 Å². The van der Waals surface area contributed by atoms with E-state index in [2.05, 4.69) is 0 Å². The van der Waals surface area contributed by atoms with Crippen LogP contribution in [0.15, 0.2) is 18.2 Å². The van der Waals surface area contributed by atoms with Crippen LogP contribution < -0.4 is 22.3 Å². The van der Waals surface area contributed by atoms with Crippen LogP contribution in [0.25, 0.3) is 0 Å². The Morgan fingerprint density at radius 1 is 1.46 bits per heavy atom. The smallest absolute Gasteiger partial charge is 0.248 e. The lowest BCUT2D eigenvalue weighted by molar-refractivity contribution is 0.100. The van der Waals surface area contributed by atoms with Crippen molar-refractivity contribution in [2.24, 2.45) is 11.6 Å². The number of nitrogens with zero attached hydrogens (tertiary/aromatic N) is 1. The van der Waals surface area contributed by atoms with Crippen LogP contribution in [0, 0.1) is 0 Å². The Morgan fingerprint density at radius 2 is 2.08 bits per heavy atom. The van der Waals surface area contributed by atoms with Crippen LogP contribution in [0.5, 0.6) is 0 Å². The van der Waals surface area contributed by atoms with Crippen LogP contribution in [0.4, 0.5) is 11.4 Å². The zero-order chi connectivity index (χ0) is 10.0. The summed E-state index contributed by atoms with van der Waals surface area (Å²) >= 11 is 0. The Balaban J connectivity index is 3.19. The van der Waals surface area contributed by atoms with Crippen LogP contribution in [0.1, 0.15) is 10.4 Å². The second kappa shape index (κ2) is 3.32. The fourth-order valence-electron chi connectivity index (χ4n) is 1.00. The molecule has 0 saturated carbocycles. The first-order valence-electron chi connectivity index (χ1n) is 3.70. The number of primary amides is 1. The fourth-order valence-corrected chi connectivity index (χ4v) is 1.00. The zero-order valence-electron chi connectivity index (χ0n) is 7.32. The van der Waals surface area contributed by atoms with Crippen molar-refractivity contribution >= 4 is 17.3 Å². The van der Waals surface area contributed by atoms with E-state index in [0.717, 1.165) is 0 Å². The van der Waals surface area contributed by atoms with Gasteiger partial charge in [-0.2, -0.15) is 0 Å². The van der Waals surface area contributed by atoms with Crippen molar-refractivity contribution in [3.63, 3.8) is 0 Å². The second-order valence-corrected chi connectivity index (χ2v) is 2.75. The minimum Gasteiger partial charge on any atom is -0.397 e. The predicted molar refractivity (Wildman–Crippen MR) is 52.0 cm³/mol. The van der Waals surface area contributed by atoms with Crippen molar-refractivity contribution in [3.8, 4) is 0 Å². The van der Waals surface area contributed by atoms with Crippen molar-refractivity contribution in [2.45, 2.75) is 0 Å². The Kier molecular flexibility index (Phi) is 2.39. The van der Waals surface area contributed by atoms with E-state index in [9.17, 15) is 4.79 Å². The molecule has 0 unspecified atom stereocenters. The maximum atomic E-state index is 10.8. The lowest BCUT2D eigenvalue weighted by atomic mass is 10.1. The quantitative estimate of drug-likeness (QED) is 0.330. The van der Waals surface area contributed by atoms with Gasteiger partial charge in [-0.15, -0.1) is 0 Å². The van der Waals surface area contributed by atoms with Gasteiger partial charge in [-0.25, -0.2) is 5.84 Å². The summed E-state index contributed by atoms with van der Waals surface area (Å²) in [6.45, 7) is 0. The van der Waals surface area contributed by atoms with Crippen molar-refractivity contribution in [1.29, 1.82) is 0 Å². The molecule has 0 aliphatic rings. The van der Waals surface area contributed by atoms with E-state index in [1.165, 1.54) is 5.01 Å². The third-order valence-corrected chi connectivity index (χ3v) is 1.69. The molecule has 5 heteroatoms. The summed E-state index contributed by atoms with van der Waals surface area (Å²) in [5.41, 5.74) is 12.2. The normalized spacial score (nSPS) is 9.69. The molecule has 13 heavy (non-hydrogen) atoms. The van der Waals surface area contributed by atoms with E-state index in [0.29, 0.717) is 16.9 Å². The monoisotopic (exact) mass is 180 g/mol.